The Hall–Kier alpha value is -2.75. The van der Waals surface area contributed by atoms with Crippen LogP contribution in [0.15, 0.2) is 53.4 Å². The normalized spacial score (nSPS) is 11.5. The van der Waals surface area contributed by atoms with Gasteiger partial charge in [0, 0.05) is 12.7 Å². The Morgan fingerprint density at radius 2 is 1.69 bits per heavy atom. The van der Waals surface area contributed by atoms with Crippen molar-refractivity contribution >= 4 is 27.6 Å². The molecule has 2 aromatic rings. The molecule has 2 rings (SSSR count). The van der Waals surface area contributed by atoms with E-state index in [4.69, 9.17) is 9.57 Å². The highest BCUT2D eigenvalue weighted by Crippen LogP contribution is 2.23. The molecule has 156 valence electrons. The minimum Gasteiger partial charge on any atom is -0.452 e. The second-order valence-electron chi connectivity index (χ2n) is 6.49. The number of hydroxylamine groups is 1. The van der Waals surface area contributed by atoms with Gasteiger partial charge in [0.15, 0.2) is 6.61 Å². The van der Waals surface area contributed by atoms with Crippen molar-refractivity contribution in [3.8, 4) is 0 Å². The first-order valence-corrected chi connectivity index (χ1v) is 10.3. The zero-order valence-corrected chi connectivity index (χ0v) is 17.5. The molecule has 0 aliphatic carbocycles. The smallest absolute Gasteiger partial charge is 0.338 e. The average Bonchev–Trinajstić information content (AvgIpc) is 2.71. The Kier molecular flexibility index (Phi) is 7.49. The molecule has 0 saturated heterocycles. The predicted molar refractivity (Wildman–Crippen MR) is 108 cm³/mol. The molecule has 9 heteroatoms. The second-order valence-corrected chi connectivity index (χ2v) is 8.42. The lowest BCUT2D eigenvalue weighted by Crippen LogP contribution is -2.25. The van der Waals surface area contributed by atoms with Crippen LogP contribution in [-0.2, 0) is 24.4 Å². The van der Waals surface area contributed by atoms with Crippen molar-refractivity contribution in [2.24, 2.45) is 0 Å². The first-order valence-electron chi connectivity index (χ1n) is 8.85. The summed E-state index contributed by atoms with van der Waals surface area (Å²) in [4.78, 5) is 28.9. The van der Waals surface area contributed by atoms with Gasteiger partial charge >= 0.3 is 5.97 Å². The SMILES string of the molecule is CON(C)S(=O)(=O)c1ccc(C(=O)OCC(=O)Nc2ccccc2C(C)C)cc1. The summed E-state index contributed by atoms with van der Waals surface area (Å²) >= 11 is 0. The number of carbonyl (C=O) groups excluding carboxylic acids is 2. The van der Waals surface area contributed by atoms with Gasteiger partial charge in [-0.3, -0.25) is 9.63 Å². The summed E-state index contributed by atoms with van der Waals surface area (Å²) in [7, 11) is -1.32. The van der Waals surface area contributed by atoms with Gasteiger partial charge in [-0.05, 0) is 41.8 Å². The number of para-hydroxylation sites is 1. The number of rotatable bonds is 8. The molecule has 0 aromatic heterocycles. The Morgan fingerprint density at radius 3 is 2.28 bits per heavy atom. The minimum atomic E-state index is -3.81. The molecule has 0 spiro atoms. The van der Waals surface area contributed by atoms with Gasteiger partial charge in [-0.15, -0.1) is 0 Å². The lowest BCUT2D eigenvalue weighted by Gasteiger charge is -2.14. The first kappa shape index (κ1) is 22.5. The highest BCUT2D eigenvalue weighted by Gasteiger charge is 2.21. The molecule has 0 radical (unpaired) electrons. The largest absolute Gasteiger partial charge is 0.452 e. The molecule has 0 heterocycles. The van der Waals surface area contributed by atoms with Crippen molar-refractivity contribution in [3.05, 3.63) is 59.7 Å². The van der Waals surface area contributed by atoms with E-state index in [0.717, 1.165) is 5.56 Å². The van der Waals surface area contributed by atoms with Crippen molar-refractivity contribution in [1.82, 2.24) is 4.47 Å². The standard InChI is InChI=1S/C20H24N2O6S/c1-14(2)17-7-5-6-8-18(17)21-19(23)13-28-20(24)15-9-11-16(12-10-15)29(25,26)22(3)27-4/h5-12,14H,13H2,1-4H3,(H,21,23). The van der Waals surface area contributed by atoms with Gasteiger partial charge in [0.2, 0.25) is 0 Å². The van der Waals surface area contributed by atoms with E-state index in [1.807, 2.05) is 32.0 Å². The van der Waals surface area contributed by atoms with Gasteiger partial charge in [-0.2, -0.15) is 0 Å². The molecule has 0 bridgehead atoms. The lowest BCUT2D eigenvalue weighted by atomic mass is 10.0. The van der Waals surface area contributed by atoms with Crippen LogP contribution in [-0.4, -0.2) is 45.5 Å². The topological polar surface area (TPSA) is 102 Å². The number of nitrogens with zero attached hydrogens (tertiary/aromatic N) is 1. The highest BCUT2D eigenvalue weighted by molar-refractivity contribution is 7.89. The van der Waals surface area contributed by atoms with Crippen molar-refractivity contribution in [2.45, 2.75) is 24.7 Å². The van der Waals surface area contributed by atoms with Gasteiger partial charge in [-0.1, -0.05) is 36.5 Å². The third kappa shape index (κ3) is 5.63. The lowest BCUT2D eigenvalue weighted by molar-refractivity contribution is -0.119. The molecule has 1 amide bonds. The van der Waals surface area contributed by atoms with Gasteiger partial charge in [0.05, 0.1) is 17.6 Å². The molecule has 29 heavy (non-hydrogen) atoms. The molecule has 1 N–H and O–H groups in total. The van der Waals surface area contributed by atoms with Crippen LogP contribution < -0.4 is 5.32 Å². The van der Waals surface area contributed by atoms with E-state index in [1.54, 1.807) is 6.07 Å². The number of esters is 1. The van der Waals surface area contributed by atoms with E-state index in [1.165, 1.54) is 38.4 Å². The van der Waals surface area contributed by atoms with Crippen LogP contribution in [0.5, 0.6) is 0 Å². The Labute approximate surface area is 170 Å². The summed E-state index contributed by atoms with van der Waals surface area (Å²) in [5.41, 5.74) is 1.77. The van der Waals surface area contributed by atoms with Crippen molar-refractivity contribution in [3.63, 3.8) is 0 Å². The number of benzene rings is 2. The molecular weight excluding hydrogens is 396 g/mol. The molecule has 0 aliphatic rings. The van der Waals surface area contributed by atoms with Gasteiger partial charge in [0.1, 0.15) is 0 Å². The number of anilines is 1. The molecule has 0 atom stereocenters. The summed E-state index contributed by atoms with van der Waals surface area (Å²) in [5.74, 6) is -0.977. The number of ether oxygens (including phenoxy) is 1. The van der Waals surface area contributed by atoms with Gasteiger partial charge in [0.25, 0.3) is 15.9 Å². The van der Waals surface area contributed by atoms with Crippen molar-refractivity contribution < 1.29 is 27.6 Å². The Bertz CT molecular complexity index is 971. The van der Waals surface area contributed by atoms with Gasteiger partial charge < -0.3 is 10.1 Å². The van der Waals surface area contributed by atoms with Gasteiger partial charge in [-0.25, -0.2) is 13.2 Å². The van der Waals surface area contributed by atoms with Crippen LogP contribution >= 0.6 is 0 Å². The number of nitrogens with one attached hydrogen (secondary N) is 1. The summed E-state index contributed by atoms with van der Waals surface area (Å²) in [6.07, 6.45) is 0. The van der Waals surface area contributed by atoms with Crippen LogP contribution in [0.2, 0.25) is 0 Å². The van der Waals surface area contributed by atoms with E-state index >= 15 is 0 Å². The maximum atomic E-state index is 12.1. The number of sulfonamides is 1. The predicted octanol–water partition coefficient (Wildman–Crippen LogP) is 2.79. The van der Waals surface area contributed by atoms with Crippen LogP contribution in [0, 0.1) is 0 Å². The third-order valence-electron chi connectivity index (χ3n) is 4.17. The maximum Gasteiger partial charge on any atom is 0.338 e. The summed E-state index contributed by atoms with van der Waals surface area (Å²) in [6.45, 7) is 3.57. The second kappa shape index (κ2) is 9.64. The molecular formula is C20H24N2O6S. The number of carbonyl (C=O) groups is 2. The van der Waals surface area contributed by atoms with Crippen LogP contribution in [0.25, 0.3) is 0 Å². The quantitative estimate of drug-likeness (QED) is 0.520. The minimum absolute atomic E-state index is 0.0403. The fourth-order valence-electron chi connectivity index (χ4n) is 2.52. The summed E-state index contributed by atoms with van der Waals surface area (Å²) in [5, 5.41) is 2.73. The van der Waals surface area contributed by atoms with Crippen molar-refractivity contribution in [2.75, 3.05) is 26.1 Å². The maximum absolute atomic E-state index is 12.1. The molecule has 2 aromatic carbocycles. The number of amides is 1. The van der Waals surface area contributed by atoms with E-state index in [-0.39, 0.29) is 16.4 Å². The zero-order valence-electron chi connectivity index (χ0n) is 16.7. The van der Waals surface area contributed by atoms with Crippen molar-refractivity contribution in [1.29, 1.82) is 0 Å². The molecule has 0 unspecified atom stereocenters. The number of hydrogen-bond donors (Lipinski definition) is 1. The van der Waals surface area contributed by atoms with Crippen LogP contribution in [0.3, 0.4) is 0 Å². The summed E-state index contributed by atoms with van der Waals surface area (Å²) < 4.78 is 30.0. The Balaban J connectivity index is 1.98. The molecule has 0 aliphatic heterocycles. The zero-order chi connectivity index (χ0) is 21.6. The van der Waals surface area contributed by atoms with E-state index in [9.17, 15) is 18.0 Å². The monoisotopic (exact) mass is 420 g/mol. The summed E-state index contributed by atoms with van der Waals surface area (Å²) in [6, 6.07) is 12.5. The fourth-order valence-corrected chi connectivity index (χ4v) is 3.50. The fraction of sp³-hybridized carbons (Fsp3) is 0.300. The molecule has 8 nitrogen and oxygen atoms in total. The number of hydrogen-bond acceptors (Lipinski definition) is 6. The van der Waals surface area contributed by atoms with Crippen LogP contribution in [0.4, 0.5) is 5.69 Å². The molecule has 0 fully saturated rings. The first-order chi connectivity index (χ1) is 13.7. The van der Waals surface area contributed by atoms with Crippen LogP contribution in [0.1, 0.15) is 35.7 Å². The highest BCUT2D eigenvalue weighted by atomic mass is 32.2. The van der Waals surface area contributed by atoms with E-state index in [0.29, 0.717) is 10.2 Å². The van der Waals surface area contributed by atoms with E-state index < -0.39 is 28.5 Å². The van der Waals surface area contributed by atoms with E-state index in [2.05, 4.69) is 5.32 Å². The Morgan fingerprint density at radius 1 is 1.07 bits per heavy atom. The molecule has 0 saturated carbocycles. The third-order valence-corrected chi connectivity index (χ3v) is 5.87. The average molecular weight is 420 g/mol.